The maximum absolute atomic E-state index is 10.8. The third kappa shape index (κ3) is 3.07. The van der Waals surface area contributed by atoms with Gasteiger partial charge in [0.2, 0.25) is 0 Å². The van der Waals surface area contributed by atoms with Gasteiger partial charge in [-0.3, -0.25) is 4.98 Å². The number of rotatable bonds is 4. The first-order valence-electron chi connectivity index (χ1n) is 5.21. The van der Waals surface area contributed by atoms with E-state index < -0.39 is 5.97 Å². The summed E-state index contributed by atoms with van der Waals surface area (Å²) in [5.74, 6) is -0.584. The van der Waals surface area contributed by atoms with E-state index >= 15 is 0 Å². The molecule has 2 aromatic rings. The second-order valence-corrected chi connectivity index (χ2v) is 4.45. The molecule has 1 aromatic carbocycles. The van der Waals surface area contributed by atoms with Crippen molar-refractivity contribution in [3.63, 3.8) is 0 Å². The van der Waals surface area contributed by atoms with E-state index in [2.05, 4.69) is 20.9 Å². The van der Waals surface area contributed by atoms with Crippen LogP contribution < -0.4 is 4.74 Å². The Hall–Kier alpha value is -1.88. The minimum Gasteiger partial charge on any atom is -0.487 e. The van der Waals surface area contributed by atoms with Gasteiger partial charge in [0.05, 0.1) is 11.8 Å². The minimum atomic E-state index is -1.02. The number of hydrogen-bond acceptors (Lipinski definition) is 3. The van der Waals surface area contributed by atoms with Crippen LogP contribution in [0.2, 0.25) is 0 Å². The average molecular weight is 308 g/mol. The molecule has 1 heterocycles. The molecule has 0 aliphatic carbocycles. The first kappa shape index (κ1) is 12.6. The third-order valence-electron chi connectivity index (χ3n) is 2.31. The van der Waals surface area contributed by atoms with Crippen molar-refractivity contribution in [3.05, 3.63) is 58.3 Å². The quantitative estimate of drug-likeness (QED) is 0.943. The Bertz CT molecular complexity index is 572. The van der Waals surface area contributed by atoms with Gasteiger partial charge in [-0.15, -0.1) is 0 Å². The Morgan fingerprint density at radius 2 is 2.11 bits per heavy atom. The van der Waals surface area contributed by atoms with Crippen LogP contribution in [0.15, 0.2) is 47.2 Å². The predicted octanol–water partition coefficient (Wildman–Crippen LogP) is 3.12. The number of hydrogen-bond donors (Lipinski definition) is 1. The average Bonchev–Trinajstić information content (AvgIpc) is 2.38. The number of carboxylic acid groups (broad SMARTS) is 1. The van der Waals surface area contributed by atoms with Gasteiger partial charge in [-0.2, -0.15) is 0 Å². The van der Waals surface area contributed by atoms with Gasteiger partial charge in [-0.1, -0.05) is 34.1 Å². The van der Waals surface area contributed by atoms with Crippen LogP contribution in [0.25, 0.3) is 0 Å². The van der Waals surface area contributed by atoms with Crippen molar-refractivity contribution in [2.45, 2.75) is 6.61 Å². The lowest BCUT2D eigenvalue weighted by Gasteiger charge is -2.07. The van der Waals surface area contributed by atoms with Gasteiger partial charge >= 0.3 is 5.97 Å². The highest BCUT2D eigenvalue weighted by atomic mass is 79.9. The van der Waals surface area contributed by atoms with E-state index in [9.17, 15) is 4.79 Å². The number of benzene rings is 1. The second kappa shape index (κ2) is 5.64. The van der Waals surface area contributed by atoms with Gasteiger partial charge in [0.1, 0.15) is 12.4 Å². The van der Waals surface area contributed by atoms with E-state index in [1.54, 1.807) is 0 Å². The lowest BCUT2D eigenvalue weighted by Crippen LogP contribution is -2.00. The molecule has 0 saturated heterocycles. The molecule has 92 valence electrons. The summed E-state index contributed by atoms with van der Waals surface area (Å²) in [7, 11) is 0. The lowest BCUT2D eigenvalue weighted by molar-refractivity contribution is 0.0696. The normalized spacial score (nSPS) is 10.1. The molecule has 5 heteroatoms. The molecular formula is C13H10BrNO3. The predicted molar refractivity (Wildman–Crippen MR) is 69.7 cm³/mol. The molecule has 0 unspecified atom stereocenters. The zero-order valence-corrected chi connectivity index (χ0v) is 10.9. The van der Waals surface area contributed by atoms with Crippen molar-refractivity contribution in [2.24, 2.45) is 0 Å². The molecule has 0 fully saturated rings. The largest absolute Gasteiger partial charge is 0.487 e. The van der Waals surface area contributed by atoms with Crippen LogP contribution in [0.1, 0.15) is 15.9 Å². The van der Waals surface area contributed by atoms with Crippen molar-refractivity contribution in [1.82, 2.24) is 4.98 Å². The minimum absolute atomic E-state index is 0.111. The van der Waals surface area contributed by atoms with Gasteiger partial charge in [0, 0.05) is 16.2 Å². The van der Waals surface area contributed by atoms with Crippen molar-refractivity contribution in [3.8, 4) is 5.75 Å². The van der Waals surface area contributed by atoms with Crippen molar-refractivity contribution < 1.29 is 14.6 Å². The van der Waals surface area contributed by atoms with E-state index in [4.69, 9.17) is 9.84 Å². The Labute approximate surface area is 112 Å². The van der Waals surface area contributed by atoms with Crippen LogP contribution in [-0.2, 0) is 6.61 Å². The highest BCUT2D eigenvalue weighted by molar-refractivity contribution is 9.10. The summed E-state index contributed by atoms with van der Waals surface area (Å²) in [6.07, 6.45) is 2.77. The summed E-state index contributed by atoms with van der Waals surface area (Å²) >= 11 is 3.42. The van der Waals surface area contributed by atoms with Crippen molar-refractivity contribution in [2.75, 3.05) is 0 Å². The number of nitrogens with zero attached hydrogens (tertiary/aromatic N) is 1. The molecule has 18 heavy (non-hydrogen) atoms. The van der Waals surface area contributed by atoms with Crippen molar-refractivity contribution >= 4 is 21.9 Å². The van der Waals surface area contributed by atoms with Crippen LogP contribution in [0, 0.1) is 0 Å². The maximum atomic E-state index is 10.8. The molecule has 0 aliphatic rings. The van der Waals surface area contributed by atoms with E-state index in [0.29, 0.717) is 12.4 Å². The molecule has 0 bridgehead atoms. The first-order chi connectivity index (χ1) is 8.66. The molecule has 2 rings (SSSR count). The van der Waals surface area contributed by atoms with E-state index in [1.165, 1.54) is 18.5 Å². The van der Waals surface area contributed by atoms with Gasteiger partial charge in [0.25, 0.3) is 0 Å². The second-order valence-electron chi connectivity index (χ2n) is 3.59. The van der Waals surface area contributed by atoms with E-state index in [1.807, 2.05) is 24.3 Å². The molecule has 0 aliphatic heterocycles. The first-order valence-corrected chi connectivity index (χ1v) is 6.00. The summed E-state index contributed by atoms with van der Waals surface area (Å²) in [6.45, 7) is 0.353. The highest BCUT2D eigenvalue weighted by Gasteiger charge is 2.05. The summed E-state index contributed by atoms with van der Waals surface area (Å²) in [5, 5.41) is 8.84. The summed E-state index contributed by atoms with van der Waals surface area (Å²) < 4.78 is 6.46. The molecule has 0 atom stereocenters. The molecule has 1 aromatic heterocycles. The van der Waals surface area contributed by atoms with Gasteiger partial charge in [0.15, 0.2) is 0 Å². The number of carboxylic acids is 1. The van der Waals surface area contributed by atoms with Gasteiger partial charge in [-0.25, -0.2) is 4.79 Å². The fourth-order valence-corrected chi connectivity index (χ4v) is 1.79. The van der Waals surface area contributed by atoms with Gasteiger partial charge < -0.3 is 9.84 Å². The third-order valence-corrected chi connectivity index (χ3v) is 3.09. The molecule has 0 saturated carbocycles. The summed E-state index contributed by atoms with van der Waals surface area (Å²) in [4.78, 5) is 14.6. The smallest absolute Gasteiger partial charge is 0.337 e. The topological polar surface area (TPSA) is 59.4 Å². The summed E-state index contributed by atoms with van der Waals surface area (Å²) in [5.41, 5.74) is 1.10. The number of pyridine rings is 1. The zero-order chi connectivity index (χ0) is 13.0. The number of halogens is 1. The molecule has 0 spiro atoms. The van der Waals surface area contributed by atoms with Crippen LogP contribution in [0.5, 0.6) is 5.75 Å². The molecule has 4 nitrogen and oxygen atoms in total. The van der Waals surface area contributed by atoms with E-state index in [-0.39, 0.29) is 5.56 Å². The number of aromatic carboxylic acids is 1. The Morgan fingerprint density at radius 3 is 2.83 bits per heavy atom. The fourth-order valence-electron chi connectivity index (χ4n) is 1.39. The standard InChI is InChI=1S/C13H10BrNO3/c14-12-4-2-1-3-9(12)8-18-11-5-10(13(16)17)6-15-7-11/h1-7H,8H2,(H,16,17). The van der Waals surface area contributed by atoms with Crippen molar-refractivity contribution in [1.29, 1.82) is 0 Å². The molecule has 1 N–H and O–H groups in total. The Balaban J connectivity index is 2.09. The zero-order valence-electron chi connectivity index (χ0n) is 9.34. The van der Waals surface area contributed by atoms with Crippen LogP contribution in [-0.4, -0.2) is 16.1 Å². The van der Waals surface area contributed by atoms with Crippen LogP contribution in [0.4, 0.5) is 0 Å². The lowest BCUT2D eigenvalue weighted by atomic mass is 10.2. The fraction of sp³-hybridized carbons (Fsp3) is 0.0769. The number of ether oxygens (including phenoxy) is 1. The van der Waals surface area contributed by atoms with E-state index in [0.717, 1.165) is 10.0 Å². The van der Waals surface area contributed by atoms with Crippen LogP contribution in [0.3, 0.4) is 0 Å². The number of carbonyl (C=O) groups is 1. The molecular weight excluding hydrogens is 298 g/mol. The monoisotopic (exact) mass is 307 g/mol. The Kier molecular flexibility index (Phi) is 3.94. The SMILES string of the molecule is O=C(O)c1cncc(OCc2ccccc2Br)c1. The van der Waals surface area contributed by atoms with Gasteiger partial charge in [-0.05, 0) is 12.1 Å². The Morgan fingerprint density at radius 1 is 1.33 bits per heavy atom. The highest BCUT2D eigenvalue weighted by Crippen LogP contribution is 2.19. The van der Waals surface area contributed by atoms with Crippen LogP contribution >= 0.6 is 15.9 Å². The molecule has 0 amide bonds. The maximum Gasteiger partial charge on any atom is 0.337 e. The number of aromatic nitrogens is 1. The summed E-state index contributed by atoms with van der Waals surface area (Å²) in [6, 6.07) is 9.13. The molecule has 0 radical (unpaired) electrons.